The molecule has 1 aliphatic heterocycles. The molecule has 2 aromatic rings. The molecule has 138 valence electrons. The number of nitrogens with one attached hydrogen (secondary N) is 2. The third-order valence-electron chi connectivity index (χ3n) is 4.62. The number of hydrogen-bond donors (Lipinski definition) is 2. The molecule has 0 bridgehead atoms. The maximum absolute atomic E-state index is 12.9. The molecule has 0 radical (unpaired) electrons. The smallest absolute Gasteiger partial charge is 0.278 e. The summed E-state index contributed by atoms with van der Waals surface area (Å²) in [6.07, 6.45) is 0. The van der Waals surface area contributed by atoms with Gasteiger partial charge in [-0.1, -0.05) is 6.07 Å². The van der Waals surface area contributed by atoms with Crippen molar-refractivity contribution in [1.29, 1.82) is 0 Å². The first-order valence-electron chi connectivity index (χ1n) is 8.61. The summed E-state index contributed by atoms with van der Waals surface area (Å²) < 4.78 is 7.64. The van der Waals surface area contributed by atoms with Gasteiger partial charge in [-0.15, -0.1) is 0 Å². The van der Waals surface area contributed by atoms with Crippen LogP contribution in [0.3, 0.4) is 0 Å². The van der Waals surface area contributed by atoms with Crippen LogP contribution in [0.4, 0.5) is 11.4 Å². The molecule has 7 heteroatoms. The molecule has 3 rings (SSSR count). The van der Waals surface area contributed by atoms with Gasteiger partial charge in [0, 0.05) is 6.04 Å². The first kappa shape index (κ1) is 18.0. The van der Waals surface area contributed by atoms with Crippen molar-refractivity contribution in [3.05, 3.63) is 35.2 Å². The lowest BCUT2D eigenvalue weighted by Crippen LogP contribution is -2.56. The Labute approximate surface area is 152 Å². The van der Waals surface area contributed by atoms with Gasteiger partial charge in [0.05, 0.1) is 22.8 Å². The first-order chi connectivity index (χ1) is 12.1. The predicted octanol–water partition coefficient (Wildman–Crippen LogP) is 3.12. The number of carbonyl (C=O) groups excluding carboxylic acids is 2. The van der Waals surface area contributed by atoms with Crippen LogP contribution in [0.2, 0.25) is 0 Å². The fraction of sp³-hybridized carbons (Fsp3) is 0.421. The fourth-order valence-corrected chi connectivity index (χ4v) is 3.07. The molecule has 2 amide bonds. The molecular weight excluding hydrogens is 332 g/mol. The number of carbonyl (C=O) groups is 2. The van der Waals surface area contributed by atoms with E-state index in [1.807, 2.05) is 51.4 Å². The van der Waals surface area contributed by atoms with Crippen molar-refractivity contribution >= 4 is 23.2 Å². The number of benzene rings is 1. The topological polar surface area (TPSA) is 85.3 Å². The van der Waals surface area contributed by atoms with Crippen molar-refractivity contribution in [2.24, 2.45) is 0 Å². The molecule has 0 aliphatic carbocycles. The summed E-state index contributed by atoms with van der Waals surface area (Å²) in [5, 5.41) is 10.0. The summed E-state index contributed by atoms with van der Waals surface area (Å²) in [5.41, 5.74) is 2.03. The van der Waals surface area contributed by atoms with E-state index in [1.165, 1.54) is 6.92 Å². The number of anilines is 2. The van der Waals surface area contributed by atoms with E-state index < -0.39 is 17.4 Å². The normalized spacial score (nSPS) is 19.0. The number of ether oxygens (including phenoxy) is 1. The Hall–Kier alpha value is -2.83. The number of hydrogen-bond acceptors (Lipinski definition) is 4. The molecule has 26 heavy (non-hydrogen) atoms. The minimum atomic E-state index is -1.67. The zero-order chi connectivity index (χ0) is 19.2. The molecule has 0 spiro atoms. The van der Waals surface area contributed by atoms with Crippen LogP contribution in [0.5, 0.6) is 5.75 Å². The van der Waals surface area contributed by atoms with Gasteiger partial charge < -0.3 is 15.4 Å². The van der Waals surface area contributed by atoms with Crippen LogP contribution >= 0.6 is 0 Å². The molecule has 0 fully saturated rings. The van der Waals surface area contributed by atoms with Crippen molar-refractivity contribution in [3.8, 4) is 5.75 Å². The van der Waals surface area contributed by atoms with Crippen molar-refractivity contribution in [1.82, 2.24) is 9.78 Å². The Balaban J connectivity index is 1.90. The molecule has 0 saturated heterocycles. The first-order valence-corrected chi connectivity index (χ1v) is 8.61. The molecule has 1 atom stereocenters. The molecule has 1 aromatic carbocycles. The summed E-state index contributed by atoms with van der Waals surface area (Å²) in [6.45, 7) is 11.1. The Morgan fingerprint density at radius 3 is 2.62 bits per heavy atom. The van der Waals surface area contributed by atoms with Crippen LogP contribution in [0.15, 0.2) is 18.2 Å². The molecule has 7 nitrogen and oxygen atoms in total. The van der Waals surface area contributed by atoms with E-state index in [0.717, 1.165) is 11.3 Å². The maximum atomic E-state index is 12.9. The highest BCUT2D eigenvalue weighted by atomic mass is 16.5. The number of fused-ring (bicyclic) bond motifs is 1. The van der Waals surface area contributed by atoms with Gasteiger partial charge in [0.1, 0.15) is 5.75 Å². The minimum Gasteiger partial charge on any atom is -0.466 e. The van der Waals surface area contributed by atoms with Crippen LogP contribution in [0.25, 0.3) is 0 Å². The molecule has 1 aliphatic rings. The zero-order valence-corrected chi connectivity index (χ0v) is 15.9. The van der Waals surface area contributed by atoms with Crippen LogP contribution < -0.4 is 15.4 Å². The summed E-state index contributed by atoms with van der Waals surface area (Å²) in [5.74, 6) is -0.561. The largest absolute Gasteiger partial charge is 0.466 e. The van der Waals surface area contributed by atoms with Gasteiger partial charge in [0.15, 0.2) is 0 Å². The van der Waals surface area contributed by atoms with Crippen LogP contribution in [-0.2, 0) is 9.59 Å². The highest BCUT2D eigenvalue weighted by Crippen LogP contribution is 2.35. The van der Waals surface area contributed by atoms with Gasteiger partial charge in [0.2, 0.25) is 0 Å². The van der Waals surface area contributed by atoms with E-state index in [9.17, 15) is 9.59 Å². The predicted molar refractivity (Wildman–Crippen MR) is 99.6 cm³/mol. The van der Waals surface area contributed by atoms with Crippen molar-refractivity contribution in [2.75, 3.05) is 10.6 Å². The standard InChI is InChI=1S/C19H24N4O3/c1-10(2)23-13(5)16(12(4)22-23)21-18(25)19(6)17(24)20-14-9-11(3)7-8-15(14)26-19/h7-10H,1-6H3,(H,20,24)(H,21,25). The average molecular weight is 356 g/mol. The summed E-state index contributed by atoms with van der Waals surface area (Å²) in [4.78, 5) is 25.5. The van der Waals surface area contributed by atoms with E-state index in [0.29, 0.717) is 22.8 Å². The Morgan fingerprint density at radius 2 is 2.00 bits per heavy atom. The van der Waals surface area contributed by atoms with Gasteiger partial charge in [-0.2, -0.15) is 5.10 Å². The van der Waals surface area contributed by atoms with Crippen molar-refractivity contribution in [2.45, 2.75) is 53.2 Å². The Kier molecular flexibility index (Phi) is 4.26. The van der Waals surface area contributed by atoms with Crippen LogP contribution in [0.1, 0.15) is 43.8 Å². The second-order valence-corrected chi connectivity index (χ2v) is 7.13. The van der Waals surface area contributed by atoms with Crippen LogP contribution in [0, 0.1) is 20.8 Å². The van der Waals surface area contributed by atoms with Crippen molar-refractivity contribution < 1.29 is 14.3 Å². The summed E-state index contributed by atoms with van der Waals surface area (Å²) >= 11 is 0. The zero-order valence-electron chi connectivity index (χ0n) is 15.9. The quantitative estimate of drug-likeness (QED) is 0.828. The number of amides is 2. The lowest BCUT2D eigenvalue weighted by molar-refractivity contribution is -0.143. The molecule has 1 aromatic heterocycles. The SMILES string of the molecule is Cc1ccc2c(c1)NC(=O)C(C)(C(=O)Nc1c(C)nn(C(C)C)c1C)O2. The van der Waals surface area contributed by atoms with Gasteiger partial charge in [0.25, 0.3) is 17.4 Å². The molecule has 1 unspecified atom stereocenters. The maximum Gasteiger partial charge on any atom is 0.278 e. The van der Waals surface area contributed by atoms with E-state index in [-0.39, 0.29) is 6.04 Å². The average Bonchev–Trinajstić information content (AvgIpc) is 2.84. The lowest BCUT2D eigenvalue weighted by atomic mass is 10.0. The molecule has 0 saturated carbocycles. The molecule has 2 N–H and O–H groups in total. The van der Waals surface area contributed by atoms with Gasteiger partial charge >= 0.3 is 0 Å². The number of nitrogens with zero attached hydrogens (tertiary/aromatic N) is 2. The third-order valence-corrected chi connectivity index (χ3v) is 4.62. The van der Waals surface area contributed by atoms with Gasteiger partial charge in [-0.3, -0.25) is 14.3 Å². The number of aromatic nitrogens is 2. The Morgan fingerprint density at radius 1 is 1.31 bits per heavy atom. The van der Waals surface area contributed by atoms with Gasteiger partial charge in [-0.25, -0.2) is 0 Å². The fourth-order valence-electron chi connectivity index (χ4n) is 3.07. The summed E-state index contributed by atoms with van der Waals surface area (Å²) in [7, 11) is 0. The molecule has 2 heterocycles. The summed E-state index contributed by atoms with van der Waals surface area (Å²) in [6, 6.07) is 5.60. The van der Waals surface area contributed by atoms with E-state index in [1.54, 1.807) is 6.07 Å². The highest BCUT2D eigenvalue weighted by molar-refractivity contribution is 6.19. The minimum absolute atomic E-state index is 0.166. The highest BCUT2D eigenvalue weighted by Gasteiger charge is 2.47. The van der Waals surface area contributed by atoms with E-state index in [2.05, 4.69) is 15.7 Å². The second kappa shape index (κ2) is 6.16. The van der Waals surface area contributed by atoms with E-state index in [4.69, 9.17) is 4.74 Å². The third kappa shape index (κ3) is 2.83. The monoisotopic (exact) mass is 356 g/mol. The lowest BCUT2D eigenvalue weighted by Gasteiger charge is -2.33. The number of aryl methyl sites for hydroxylation is 2. The van der Waals surface area contributed by atoms with Gasteiger partial charge in [-0.05, 0) is 59.2 Å². The van der Waals surface area contributed by atoms with Crippen LogP contribution in [-0.4, -0.2) is 27.2 Å². The number of rotatable bonds is 3. The van der Waals surface area contributed by atoms with Crippen molar-refractivity contribution in [3.63, 3.8) is 0 Å². The Bertz CT molecular complexity index is 900. The second-order valence-electron chi connectivity index (χ2n) is 7.13. The van der Waals surface area contributed by atoms with E-state index >= 15 is 0 Å². The molecular formula is C19H24N4O3.